The van der Waals surface area contributed by atoms with E-state index in [2.05, 4.69) is 31.1 Å². The van der Waals surface area contributed by atoms with E-state index in [4.69, 9.17) is 9.84 Å². The third-order valence-electron chi connectivity index (χ3n) is 5.56. The Balaban J connectivity index is 1.54. The van der Waals surface area contributed by atoms with Crippen molar-refractivity contribution in [2.45, 2.75) is 60.2 Å². The molecule has 184 valence electrons. The number of nitrogens with one attached hydrogen (secondary N) is 1. The number of aromatic nitrogens is 5. The molecule has 0 saturated carbocycles. The van der Waals surface area contributed by atoms with Crippen molar-refractivity contribution in [1.82, 2.24) is 19.3 Å². The molecule has 1 N–H and O–H groups in total. The Kier molecular flexibility index (Phi) is 6.75. The van der Waals surface area contributed by atoms with Crippen LogP contribution in [-0.2, 0) is 28.2 Å². The Bertz CT molecular complexity index is 1360. The zero-order valence-corrected chi connectivity index (χ0v) is 21.6. The third kappa shape index (κ3) is 5.43. The smallest absolute Gasteiger partial charge is 0.305 e. The van der Waals surface area contributed by atoms with Gasteiger partial charge in [0.2, 0.25) is 6.73 Å². The second-order valence-corrected chi connectivity index (χ2v) is 10.2. The van der Waals surface area contributed by atoms with Crippen molar-refractivity contribution in [2.75, 3.05) is 5.32 Å². The van der Waals surface area contributed by atoms with Crippen molar-refractivity contribution < 1.29 is 18.5 Å². The summed E-state index contributed by atoms with van der Waals surface area (Å²) in [5.74, 6) is 0.134. The quantitative estimate of drug-likeness (QED) is 0.283. The van der Waals surface area contributed by atoms with Gasteiger partial charge in [0, 0.05) is 42.8 Å². The summed E-state index contributed by atoms with van der Waals surface area (Å²) >= 11 is 1.46. The van der Waals surface area contributed by atoms with E-state index >= 15 is 4.39 Å². The molecule has 1 aromatic carbocycles. The third-order valence-corrected chi connectivity index (χ3v) is 6.32. The summed E-state index contributed by atoms with van der Waals surface area (Å²) in [7, 11) is 0. The maximum Gasteiger partial charge on any atom is 0.305 e. The van der Waals surface area contributed by atoms with E-state index in [1.54, 1.807) is 27.7 Å². The van der Waals surface area contributed by atoms with Crippen molar-refractivity contribution in [2.24, 2.45) is 0 Å². The molecule has 0 unspecified atom stereocenters. The fourth-order valence-corrected chi connectivity index (χ4v) is 4.28. The normalized spacial score (nSPS) is 11.6. The van der Waals surface area contributed by atoms with Crippen LogP contribution in [0, 0.1) is 12.7 Å². The lowest BCUT2D eigenvalue weighted by Crippen LogP contribution is -2.36. The zero-order valence-electron chi connectivity index (χ0n) is 20.8. The number of hydrogen-bond donors (Lipinski definition) is 1. The summed E-state index contributed by atoms with van der Waals surface area (Å²) in [6, 6.07) is 7.09. The number of halogens is 1. The van der Waals surface area contributed by atoms with E-state index < -0.39 is 0 Å². The SMILES string of the molecule is CCn1nc(C(C)(C)C)cc1Nc1nc(-c2ccc(-n3cc(C)[n+](COC(C)=O)c3)c(F)c2)cs1. The molecule has 0 aliphatic carbocycles. The lowest BCUT2D eigenvalue weighted by atomic mass is 9.92. The van der Waals surface area contributed by atoms with Crippen molar-refractivity contribution in [3.8, 4) is 16.9 Å². The standard InChI is InChI=1S/C25H30FN6O2S/c1-7-32-23(11-22(29-32)25(4,5)6)28-24-27-20(13-35-24)18-8-9-21(19(26)10-18)30-12-16(2)31(14-30)15-34-17(3)33/h8-14H,7,15H2,1-6H3,(H,27,28)/q+1. The number of benzene rings is 1. The van der Waals surface area contributed by atoms with E-state index in [0.717, 1.165) is 23.8 Å². The average Bonchev–Trinajstić information content (AvgIpc) is 3.51. The van der Waals surface area contributed by atoms with Gasteiger partial charge in [0.05, 0.1) is 11.4 Å². The maximum absolute atomic E-state index is 15.1. The van der Waals surface area contributed by atoms with E-state index in [1.807, 2.05) is 36.0 Å². The molecule has 0 fully saturated rings. The van der Waals surface area contributed by atoms with Gasteiger partial charge in [-0.15, -0.1) is 11.3 Å². The maximum atomic E-state index is 15.1. The molecule has 0 atom stereocenters. The van der Waals surface area contributed by atoms with Crippen molar-refractivity contribution >= 4 is 28.3 Å². The summed E-state index contributed by atoms with van der Waals surface area (Å²) in [6.07, 6.45) is 3.49. The topological polar surface area (TPSA) is 77.8 Å². The predicted molar refractivity (Wildman–Crippen MR) is 133 cm³/mol. The number of anilines is 2. The van der Waals surface area contributed by atoms with Gasteiger partial charge in [0.25, 0.3) is 6.33 Å². The van der Waals surface area contributed by atoms with E-state index in [9.17, 15) is 4.79 Å². The molecule has 0 amide bonds. The van der Waals surface area contributed by atoms with Gasteiger partial charge < -0.3 is 10.1 Å². The highest BCUT2D eigenvalue weighted by Crippen LogP contribution is 2.30. The van der Waals surface area contributed by atoms with Gasteiger partial charge in [-0.25, -0.2) is 14.1 Å². The number of ether oxygens (including phenoxy) is 1. The molecule has 4 rings (SSSR count). The highest BCUT2D eigenvalue weighted by atomic mass is 32.1. The first kappa shape index (κ1) is 24.6. The molecule has 0 spiro atoms. The van der Waals surface area contributed by atoms with E-state index in [-0.39, 0.29) is 23.9 Å². The van der Waals surface area contributed by atoms with Crippen LogP contribution >= 0.6 is 11.3 Å². The Labute approximate surface area is 208 Å². The molecular weight excluding hydrogens is 467 g/mol. The van der Waals surface area contributed by atoms with Crippen molar-refractivity contribution in [3.05, 3.63) is 59.4 Å². The monoisotopic (exact) mass is 497 g/mol. The van der Waals surface area contributed by atoms with E-state index in [0.29, 0.717) is 22.1 Å². The number of hydrogen-bond acceptors (Lipinski definition) is 6. The minimum atomic E-state index is -0.376. The molecule has 0 aliphatic rings. The Hall–Kier alpha value is -3.53. The van der Waals surface area contributed by atoms with Crippen LogP contribution in [0.2, 0.25) is 0 Å². The number of carbonyl (C=O) groups excluding carboxylic acids is 1. The summed E-state index contributed by atoms with van der Waals surface area (Å²) in [4.78, 5) is 15.8. The molecular formula is C25H30FN6O2S+. The minimum Gasteiger partial charge on any atom is -0.425 e. The van der Waals surface area contributed by atoms with Crippen molar-refractivity contribution in [1.29, 1.82) is 0 Å². The van der Waals surface area contributed by atoms with Crippen LogP contribution in [0.15, 0.2) is 42.2 Å². The first-order chi connectivity index (χ1) is 16.5. The number of imidazole rings is 1. The molecule has 10 heteroatoms. The van der Waals surface area contributed by atoms with Crippen LogP contribution in [0.4, 0.5) is 15.3 Å². The number of rotatable bonds is 7. The molecule has 0 saturated heterocycles. The number of esters is 1. The predicted octanol–water partition coefficient (Wildman–Crippen LogP) is 5.11. The molecule has 8 nitrogen and oxygen atoms in total. The summed E-state index contributed by atoms with van der Waals surface area (Å²) < 4.78 is 25.4. The van der Waals surface area contributed by atoms with Gasteiger partial charge in [-0.1, -0.05) is 20.8 Å². The van der Waals surface area contributed by atoms with Crippen LogP contribution in [0.1, 0.15) is 46.0 Å². The Morgan fingerprint density at radius 1 is 1.29 bits per heavy atom. The fraction of sp³-hybridized carbons (Fsp3) is 0.360. The molecule has 3 heterocycles. The van der Waals surface area contributed by atoms with Crippen LogP contribution in [0.25, 0.3) is 16.9 Å². The average molecular weight is 498 g/mol. The molecule has 4 aromatic rings. The Morgan fingerprint density at radius 3 is 2.71 bits per heavy atom. The second-order valence-electron chi connectivity index (χ2n) is 9.34. The van der Waals surface area contributed by atoms with Crippen LogP contribution in [0.3, 0.4) is 0 Å². The number of nitrogens with zero attached hydrogens (tertiary/aromatic N) is 5. The van der Waals surface area contributed by atoms with Gasteiger partial charge >= 0.3 is 5.97 Å². The first-order valence-corrected chi connectivity index (χ1v) is 12.3. The van der Waals surface area contributed by atoms with E-state index in [1.165, 1.54) is 24.3 Å². The van der Waals surface area contributed by atoms with Crippen LogP contribution < -0.4 is 9.88 Å². The summed E-state index contributed by atoms with van der Waals surface area (Å²) in [5, 5.41) is 10.7. The largest absolute Gasteiger partial charge is 0.425 e. The van der Waals surface area contributed by atoms with Gasteiger partial charge in [0.1, 0.15) is 17.7 Å². The highest BCUT2D eigenvalue weighted by molar-refractivity contribution is 7.14. The number of aryl methyl sites for hydroxylation is 2. The zero-order chi connectivity index (χ0) is 25.3. The summed E-state index contributed by atoms with van der Waals surface area (Å²) in [6.45, 7) is 12.5. The van der Waals surface area contributed by atoms with Gasteiger partial charge in [-0.2, -0.15) is 14.2 Å². The Morgan fingerprint density at radius 2 is 2.06 bits per heavy atom. The van der Waals surface area contributed by atoms with Gasteiger partial charge in [-0.3, -0.25) is 4.79 Å². The second kappa shape index (κ2) is 9.61. The fourth-order valence-electron chi connectivity index (χ4n) is 3.55. The van der Waals surface area contributed by atoms with Crippen molar-refractivity contribution in [3.63, 3.8) is 0 Å². The summed E-state index contributed by atoms with van der Waals surface area (Å²) in [5.41, 5.74) is 3.56. The first-order valence-electron chi connectivity index (χ1n) is 11.4. The molecule has 0 bridgehead atoms. The molecule has 0 aliphatic heterocycles. The van der Waals surface area contributed by atoms with Crippen LogP contribution in [0.5, 0.6) is 0 Å². The van der Waals surface area contributed by atoms with Gasteiger partial charge in [0.15, 0.2) is 16.6 Å². The van der Waals surface area contributed by atoms with Crippen LogP contribution in [-0.4, -0.2) is 25.3 Å². The number of thiazole rings is 1. The lowest BCUT2D eigenvalue weighted by Gasteiger charge is -2.13. The lowest BCUT2D eigenvalue weighted by molar-refractivity contribution is -0.732. The molecule has 35 heavy (non-hydrogen) atoms. The minimum absolute atomic E-state index is 0.0534. The highest BCUT2D eigenvalue weighted by Gasteiger charge is 2.21. The molecule has 3 aromatic heterocycles. The number of carbonyl (C=O) groups is 1. The molecule has 0 radical (unpaired) electrons. The van der Waals surface area contributed by atoms with Gasteiger partial charge in [-0.05, 0) is 25.1 Å².